The molecule has 1 saturated heterocycles. The molecule has 0 aromatic heterocycles. The van der Waals surface area contributed by atoms with Crippen LogP contribution in [0.1, 0.15) is 29.8 Å². The first kappa shape index (κ1) is 30.6. The van der Waals surface area contributed by atoms with E-state index in [1.165, 1.54) is 17.6 Å². The van der Waals surface area contributed by atoms with Crippen LogP contribution in [0.4, 0.5) is 5.69 Å². The van der Waals surface area contributed by atoms with Crippen molar-refractivity contribution in [3.63, 3.8) is 0 Å². The summed E-state index contributed by atoms with van der Waals surface area (Å²) < 4.78 is 10.1. The Morgan fingerprint density at radius 2 is 1.59 bits per heavy atom. The quantitative estimate of drug-likeness (QED) is 0.349. The molecule has 202 valence electrons. The van der Waals surface area contributed by atoms with Gasteiger partial charge in [-0.3, -0.25) is 14.5 Å². The Balaban J connectivity index is 0.00000481. The molecule has 1 fully saturated rings. The normalized spacial score (nSPS) is 13.7. The molecule has 1 aliphatic rings. The number of amides is 2. The number of carbonyl (C=O) groups excluding carboxylic acids is 3. The highest BCUT2D eigenvalue weighted by molar-refractivity contribution is 6.38. The number of esters is 1. The minimum Gasteiger partial charge on any atom is -0.462 e. The van der Waals surface area contributed by atoms with E-state index in [1.54, 1.807) is 24.3 Å². The molecule has 0 radical (unpaired) electrons. The molecule has 10 heteroatoms. The van der Waals surface area contributed by atoms with Gasteiger partial charge in [0.25, 0.3) is 5.91 Å². The molecule has 2 aromatic carbocycles. The van der Waals surface area contributed by atoms with Crippen molar-refractivity contribution in [1.82, 2.24) is 9.80 Å². The lowest BCUT2D eigenvalue weighted by atomic mass is 10.1. The Morgan fingerprint density at radius 1 is 0.973 bits per heavy atom. The number of nitrogens with zero attached hydrogens (tertiary/aromatic N) is 3. The lowest BCUT2D eigenvalue weighted by molar-refractivity contribution is -0.151. The van der Waals surface area contributed by atoms with Crippen molar-refractivity contribution in [2.75, 3.05) is 57.9 Å². The van der Waals surface area contributed by atoms with E-state index >= 15 is 0 Å². The summed E-state index contributed by atoms with van der Waals surface area (Å²) in [6.07, 6.45) is 0.938. The van der Waals surface area contributed by atoms with Gasteiger partial charge in [0.1, 0.15) is 0 Å². The summed E-state index contributed by atoms with van der Waals surface area (Å²) in [5.41, 5.74) is 2.28. The number of hydrogen-bond donors (Lipinski definition) is 0. The highest BCUT2D eigenvalue weighted by atomic mass is 35.5. The molecule has 0 spiro atoms. The molecular formula is C27H35Cl2N3O5. The Kier molecular flexibility index (Phi) is 12.3. The Labute approximate surface area is 229 Å². The maximum absolute atomic E-state index is 13.1. The van der Waals surface area contributed by atoms with Gasteiger partial charge in [-0.15, -0.1) is 12.4 Å². The topological polar surface area (TPSA) is 79.4 Å². The van der Waals surface area contributed by atoms with Crippen molar-refractivity contribution in [3.05, 3.63) is 64.7 Å². The predicted octanol–water partition coefficient (Wildman–Crippen LogP) is 3.69. The molecule has 2 aromatic rings. The van der Waals surface area contributed by atoms with Gasteiger partial charge in [-0.05, 0) is 62.2 Å². The summed E-state index contributed by atoms with van der Waals surface area (Å²) in [5, 5.41) is 0.738. The summed E-state index contributed by atoms with van der Waals surface area (Å²) in [5.74, 6) is -1.78. The minimum atomic E-state index is -0.950. The number of piperazine rings is 1. The van der Waals surface area contributed by atoms with E-state index in [0.29, 0.717) is 24.3 Å². The lowest BCUT2D eigenvalue weighted by Crippen LogP contribution is -2.49. The second-order valence-electron chi connectivity index (χ2n) is 8.93. The SMILES string of the molecule is COC(=O)C(=O)N(CCOC(C)C)c1ccc(C(=O)N2CCN(CCc3ccc(Cl)cc3)CC2)cc1.Cl. The van der Waals surface area contributed by atoms with E-state index in [4.69, 9.17) is 16.3 Å². The first-order valence-electron chi connectivity index (χ1n) is 12.2. The van der Waals surface area contributed by atoms with E-state index in [1.807, 2.05) is 43.0 Å². The van der Waals surface area contributed by atoms with Crippen LogP contribution >= 0.6 is 24.0 Å². The summed E-state index contributed by atoms with van der Waals surface area (Å²) in [7, 11) is 1.17. The number of carbonyl (C=O) groups is 3. The van der Waals surface area contributed by atoms with E-state index in [2.05, 4.69) is 9.64 Å². The smallest absolute Gasteiger partial charge is 0.397 e. The summed E-state index contributed by atoms with van der Waals surface area (Å²) in [4.78, 5) is 42.9. The van der Waals surface area contributed by atoms with Crippen LogP contribution < -0.4 is 4.90 Å². The van der Waals surface area contributed by atoms with Gasteiger partial charge in [-0.1, -0.05) is 23.7 Å². The lowest BCUT2D eigenvalue weighted by Gasteiger charge is -2.35. The van der Waals surface area contributed by atoms with Gasteiger partial charge in [0.05, 0.1) is 19.8 Å². The first-order chi connectivity index (χ1) is 17.3. The van der Waals surface area contributed by atoms with Crippen molar-refractivity contribution in [2.45, 2.75) is 26.4 Å². The monoisotopic (exact) mass is 551 g/mol. The molecule has 37 heavy (non-hydrogen) atoms. The number of ether oxygens (including phenoxy) is 2. The van der Waals surface area contributed by atoms with Crippen LogP contribution in [-0.2, 0) is 25.5 Å². The van der Waals surface area contributed by atoms with Crippen molar-refractivity contribution in [1.29, 1.82) is 0 Å². The fraction of sp³-hybridized carbons (Fsp3) is 0.444. The number of anilines is 1. The Morgan fingerprint density at radius 3 is 2.16 bits per heavy atom. The molecule has 0 N–H and O–H groups in total. The Bertz CT molecular complexity index is 1020. The van der Waals surface area contributed by atoms with Crippen molar-refractivity contribution in [2.24, 2.45) is 0 Å². The highest BCUT2D eigenvalue weighted by Gasteiger charge is 2.25. The van der Waals surface area contributed by atoms with Crippen LogP contribution in [0.25, 0.3) is 0 Å². The largest absolute Gasteiger partial charge is 0.462 e. The summed E-state index contributed by atoms with van der Waals surface area (Å²) in [6.45, 7) is 8.12. The maximum Gasteiger partial charge on any atom is 0.397 e. The summed E-state index contributed by atoms with van der Waals surface area (Å²) >= 11 is 5.95. The van der Waals surface area contributed by atoms with Crippen LogP contribution in [0.2, 0.25) is 5.02 Å². The standard InChI is InChI=1S/C27H34ClN3O5.ClH/c1-20(2)36-19-18-31(26(33)27(34)35-3)24-10-6-22(7-11-24)25(32)30-16-14-29(15-17-30)13-12-21-4-8-23(28)9-5-21;/h4-11,20H,12-19H2,1-3H3;1H. The van der Waals surface area contributed by atoms with Crippen molar-refractivity contribution in [3.8, 4) is 0 Å². The average molecular weight is 552 g/mol. The number of rotatable bonds is 9. The zero-order chi connectivity index (χ0) is 26.1. The van der Waals surface area contributed by atoms with Crippen LogP contribution in [0.3, 0.4) is 0 Å². The zero-order valence-electron chi connectivity index (χ0n) is 21.5. The summed E-state index contributed by atoms with van der Waals surface area (Å²) in [6, 6.07) is 14.6. The van der Waals surface area contributed by atoms with Crippen molar-refractivity contribution < 1.29 is 23.9 Å². The number of halogens is 2. The molecule has 1 heterocycles. The third-order valence-corrected chi connectivity index (χ3v) is 6.34. The van der Waals surface area contributed by atoms with E-state index in [9.17, 15) is 14.4 Å². The van der Waals surface area contributed by atoms with Gasteiger partial charge in [0.2, 0.25) is 0 Å². The molecule has 2 amide bonds. The van der Waals surface area contributed by atoms with Gasteiger partial charge in [-0.2, -0.15) is 0 Å². The van der Waals surface area contributed by atoms with E-state index in [-0.39, 0.29) is 37.6 Å². The van der Waals surface area contributed by atoms with Crippen LogP contribution in [0, 0.1) is 0 Å². The Hall–Kier alpha value is -2.65. The van der Waals surface area contributed by atoms with E-state index in [0.717, 1.165) is 31.1 Å². The molecule has 0 bridgehead atoms. The third kappa shape index (κ3) is 9.00. The number of hydrogen-bond acceptors (Lipinski definition) is 6. The molecule has 0 atom stereocenters. The van der Waals surface area contributed by atoms with Gasteiger partial charge in [-0.25, -0.2) is 4.79 Å². The second kappa shape index (κ2) is 14.9. The minimum absolute atomic E-state index is 0. The fourth-order valence-corrected chi connectivity index (χ4v) is 4.13. The molecule has 3 rings (SSSR count). The number of benzene rings is 2. The molecule has 0 aliphatic carbocycles. The maximum atomic E-state index is 13.1. The highest BCUT2D eigenvalue weighted by Crippen LogP contribution is 2.18. The fourth-order valence-electron chi connectivity index (χ4n) is 4.00. The molecule has 0 saturated carbocycles. The average Bonchev–Trinajstić information content (AvgIpc) is 2.90. The third-order valence-electron chi connectivity index (χ3n) is 6.09. The number of methoxy groups -OCH3 is 1. The van der Waals surface area contributed by atoms with Gasteiger partial charge < -0.3 is 19.3 Å². The second-order valence-corrected chi connectivity index (χ2v) is 9.36. The molecular weight excluding hydrogens is 517 g/mol. The first-order valence-corrected chi connectivity index (χ1v) is 12.5. The predicted molar refractivity (Wildman–Crippen MR) is 147 cm³/mol. The van der Waals surface area contributed by atoms with Crippen LogP contribution in [-0.4, -0.2) is 86.7 Å². The van der Waals surface area contributed by atoms with Crippen LogP contribution in [0.5, 0.6) is 0 Å². The van der Waals surface area contributed by atoms with E-state index < -0.39 is 11.9 Å². The van der Waals surface area contributed by atoms with Crippen LogP contribution in [0.15, 0.2) is 48.5 Å². The van der Waals surface area contributed by atoms with Gasteiger partial charge in [0, 0.05) is 55.5 Å². The molecule has 0 unspecified atom stereocenters. The zero-order valence-corrected chi connectivity index (χ0v) is 23.1. The van der Waals surface area contributed by atoms with Gasteiger partial charge >= 0.3 is 11.9 Å². The van der Waals surface area contributed by atoms with Gasteiger partial charge in [0.15, 0.2) is 0 Å². The van der Waals surface area contributed by atoms with Crippen molar-refractivity contribution >= 4 is 47.5 Å². The molecule has 8 nitrogen and oxygen atoms in total. The molecule has 1 aliphatic heterocycles.